The zero-order valence-electron chi connectivity index (χ0n) is 16.5. The van der Waals surface area contributed by atoms with E-state index in [0.29, 0.717) is 5.57 Å². The summed E-state index contributed by atoms with van der Waals surface area (Å²) in [5.41, 5.74) is 5.41. The zero-order chi connectivity index (χ0) is 21.2. The highest BCUT2D eigenvalue weighted by Gasteiger charge is 2.54. The summed E-state index contributed by atoms with van der Waals surface area (Å²) in [6.07, 6.45) is -0.592. The number of rotatable bonds is 5. The van der Waals surface area contributed by atoms with Crippen molar-refractivity contribution < 1.29 is 33.4 Å². The van der Waals surface area contributed by atoms with Gasteiger partial charge in [0.05, 0.1) is 5.41 Å². The molecule has 11 heteroatoms. The summed E-state index contributed by atoms with van der Waals surface area (Å²) in [5.74, 6) is -1.73. The van der Waals surface area contributed by atoms with E-state index in [0.717, 1.165) is 0 Å². The minimum Gasteiger partial charge on any atom is -0.445 e. The van der Waals surface area contributed by atoms with Crippen molar-refractivity contribution in [3.63, 3.8) is 0 Å². The summed E-state index contributed by atoms with van der Waals surface area (Å²) in [7, 11) is 3.05. The molecule has 1 saturated heterocycles. The molecule has 1 unspecified atom stereocenters. The molecule has 156 valence electrons. The van der Waals surface area contributed by atoms with E-state index in [1.165, 1.54) is 35.7 Å². The van der Waals surface area contributed by atoms with Crippen LogP contribution in [0.3, 0.4) is 0 Å². The summed E-state index contributed by atoms with van der Waals surface area (Å²) in [6, 6.07) is -1.82. The number of hydrogen-bond acceptors (Lipinski definition) is 9. The molecule has 0 spiro atoms. The molecule has 0 aromatic rings. The number of hydrogen-bond donors (Lipinski definition) is 1. The summed E-state index contributed by atoms with van der Waals surface area (Å²) in [4.78, 5) is 50.8. The van der Waals surface area contributed by atoms with Crippen LogP contribution in [0, 0.1) is 5.41 Å². The second-order valence-corrected chi connectivity index (χ2v) is 8.60. The molecule has 2 rings (SSSR count). The Labute approximate surface area is 167 Å². The van der Waals surface area contributed by atoms with Gasteiger partial charge in [-0.25, -0.2) is 9.59 Å². The van der Waals surface area contributed by atoms with Crippen LogP contribution in [0.2, 0.25) is 0 Å². The highest BCUT2D eigenvalue weighted by molar-refractivity contribution is 8.02. The Hall–Kier alpha value is -2.27. The van der Waals surface area contributed by atoms with Crippen LogP contribution in [-0.2, 0) is 28.6 Å². The molecular formula is C17H25N3O7S. The Bertz CT molecular complexity index is 701. The van der Waals surface area contributed by atoms with Crippen molar-refractivity contribution in [1.82, 2.24) is 9.80 Å². The number of β-lactam (4-membered cyclic amide) rings is 1. The first-order valence-corrected chi connectivity index (χ1v) is 9.49. The Morgan fingerprint density at radius 3 is 2.43 bits per heavy atom. The number of ether oxygens (including phenoxy) is 3. The third-order valence-electron chi connectivity index (χ3n) is 4.06. The normalized spacial score (nSPS) is 23.8. The Kier molecular flexibility index (Phi) is 6.60. The lowest BCUT2D eigenvalue weighted by molar-refractivity contribution is -0.179. The van der Waals surface area contributed by atoms with Crippen LogP contribution in [0.4, 0.5) is 4.79 Å². The maximum Gasteiger partial charge on any atom is 0.409 e. The summed E-state index contributed by atoms with van der Waals surface area (Å²) >= 11 is 1.27. The number of nitrogens with zero attached hydrogens (tertiary/aromatic N) is 2. The maximum atomic E-state index is 12.6. The van der Waals surface area contributed by atoms with Gasteiger partial charge in [-0.1, -0.05) is 0 Å². The fraction of sp³-hybridized carbons (Fsp3) is 0.647. The van der Waals surface area contributed by atoms with Gasteiger partial charge in [-0.2, -0.15) is 0 Å². The molecule has 0 radical (unpaired) electrons. The fourth-order valence-electron chi connectivity index (χ4n) is 2.42. The van der Waals surface area contributed by atoms with Crippen LogP contribution in [0.1, 0.15) is 20.8 Å². The predicted octanol–water partition coefficient (Wildman–Crippen LogP) is 0.270. The van der Waals surface area contributed by atoms with Gasteiger partial charge in [-0.3, -0.25) is 9.59 Å². The molecule has 2 amide bonds. The van der Waals surface area contributed by atoms with E-state index < -0.39 is 53.6 Å². The first-order chi connectivity index (χ1) is 12.9. The van der Waals surface area contributed by atoms with Gasteiger partial charge in [0.2, 0.25) is 12.7 Å². The van der Waals surface area contributed by atoms with Crippen LogP contribution < -0.4 is 5.73 Å². The van der Waals surface area contributed by atoms with Gasteiger partial charge in [-0.05, 0) is 26.2 Å². The SMILES string of the molecule is CN(C)C(=O)OCC1=CS[C@@H]2[C@H](N)C(=O)N2C1C(=O)OCOC(=O)C(C)(C)C. The summed E-state index contributed by atoms with van der Waals surface area (Å²) < 4.78 is 15.1. The first kappa shape index (κ1) is 22.0. The van der Waals surface area contributed by atoms with Crippen molar-refractivity contribution >= 4 is 35.7 Å². The van der Waals surface area contributed by atoms with Crippen molar-refractivity contribution in [3.8, 4) is 0 Å². The highest BCUT2D eigenvalue weighted by atomic mass is 32.2. The van der Waals surface area contributed by atoms with E-state index >= 15 is 0 Å². The lowest BCUT2D eigenvalue weighted by Gasteiger charge is -2.50. The van der Waals surface area contributed by atoms with Gasteiger partial charge < -0.3 is 29.7 Å². The van der Waals surface area contributed by atoms with Crippen LogP contribution in [0.25, 0.3) is 0 Å². The molecule has 2 N–H and O–H groups in total. The van der Waals surface area contributed by atoms with Gasteiger partial charge in [0.1, 0.15) is 18.0 Å². The Balaban J connectivity index is 2.06. The van der Waals surface area contributed by atoms with Gasteiger partial charge >= 0.3 is 18.0 Å². The van der Waals surface area contributed by atoms with Crippen LogP contribution >= 0.6 is 11.8 Å². The highest BCUT2D eigenvalue weighted by Crippen LogP contribution is 2.39. The average molecular weight is 415 g/mol. The number of thioether (sulfide) groups is 1. The largest absolute Gasteiger partial charge is 0.445 e. The minimum absolute atomic E-state index is 0.197. The van der Waals surface area contributed by atoms with Crippen molar-refractivity contribution in [2.45, 2.75) is 38.2 Å². The summed E-state index contributed by atoms with van der Waals surface area (Å²) in [5, 5.41) is 1.24. The molecule has 10 nitrogen and oxygen atoms in total. The minimum atomic E-state index is -1.10. The third kappa shape index (κ3) is 4.58. The number of carbonyl (C=O) groups is 4. The molecular weight excluding hydrogens is 390 g/mol. The Morgan fingerprint density at radius 2 is 1.86 bits per heavy atom. The topological polar surface area (TPSA) is 128 Å². The van der Waals surface area contributed by atoms with E-state index in [-0.39, 0.29) is 6.61 Å². The molecule has 2 aliphatic rings. The second kappa shape index (κ2) is 8.39. The molecule has 0 saturated carbocycles. The van der Waals surface area contributed by atoms with Gasteiger partial charge in [0.25, 0.3) is 0 Å². The molecule has 0 aromatic carbocycles. The van der Waals surface area contributed by atoms with E-state index in [9.17, 15) is 19.2 Å². The third-order valence-corrected chi connectivity index (χ3v) is 5.30. The van der Waals surface area contributed by atoms with Crippen LogP contribution in [-0.4, -0.2) is 78.7 Å². The number of amides is 2. The number of esters is 2. The number of carbonyl (C=O) groups excluding carboxylic acids is 4. The lowest BCUT2D eigenvalue weighted by atomic mass is 9.98. The quantitative estimate of drug-likeness (QED) is 0.382. The maximum absolute atomic E-state index is 12.6. The average Bonchev–Trinajstić information content (AvgIpc) is 2.63. The second-order valence-electron chi connectivity index (χ2n) is 7.61. The van der Waals surface area contributed by atoms with E-state index in [1.54, 1.807) is 26.2 Å². The zero-order valence-corrected chi connectivity index (χ0v) is 17.3. The molecule has 28 heavy (non-hydrogen) atoms. The first-order valence-electron chi connectivity index (χ1n) is 8.55. The molecule has 0 bridgehead atoms. The van der Waals surface area contributed by atoms with Crippen molar-refractivity contribution in [1.29, 1.82) is 0 Å². The molecule has 2 aliphatic heterocycles. The smallest absolute Gasteiger partial charge is 0.409 e. The standard InChI is InChI=1S/C17H25N3O7S/c1-17(2,3)15(23)27-8-26-14(22)11-9(6-25-16(24)19(4)5)7-28-13-10(18)12(21)20(11)13/h7,10-11,13H,6,8,18H2,1-5H3/t10-,11?,13-/m1/s1. The van der Waals surface area contributed by atoms with Crippen molar-refractivity contribution in [3.05, 3.63) is 11.0 Å². The van der Waals surface area contributed by atoms with Crippen LogP contribution in [0.15, 0.2) is 11.0 Å². The molecule has 0 aliphatic carbocycles. The van der Waals surface area contributed by atoms with Crippen molar-refractivity contribution in [2.24, 2.45) is 11.1 Å². The number of fused-ring (bicyclic) bond motifs is 1. The Morgan fingerprint density at radius 1 is 1.21 bits per heavy atom. The monoisotopic (exact) mass is 415 g/mol. The van der Waals surface area contributed by atoms with E-state index in [4.69, 9.17) is 19.9 Å². The van der Waals surface area contributed by atoms with Gasteiger partial charge in [0, 0.05) is 19.7 Å². The fourth-order valence-corrected chi connectivity index (χ4v) is 3.58. The number of nitrogens with two attached hydrogens (primary N) is 1. The van der Waals surface area contributed by atoms with E-state index in [2.05, 4.69) is 0 Å². The summed E-state index contributed by atoms with van der Waals surface area (Å²) in [6.45, 7) is 4.22. The van der Waals surface area contributed by atoms with Gasteiger partial charge in [-0.15, -0.1) is 11.8 Å². The van der Waals surface area contributed by atoms with Gasteiger partial charge in [0.15, 0.2) is 6.04 Å². The molecule has 0 aromatic heterocycles. The van der Waals surface area contributed by atoms with Crippen LogP contribution in [0.5, 0.6) is 0 Å². The lowest BCUT2D eigenvalue weighted by Crippen LogP contribution is -2.72. The molecule has 2 heterocycles. The molecule has 3 atom stereocenters. The van der Waals surface area contributed by atoms with Crippen molar-refractivity contribution in [2.75, 3.05) is 27.5 Å². The van der Waals surface area contributed by atoms with E-state index in [1.807, 2.05) is 0 Å². The predicted molar refractivity (Wildman–Crippen MR) is 99.6 cm³/mol. The molecule has 1 fully saturated rings.